The van der Waals surface area contributed by atoms with E-state index in [1.807, 2.05) is 38.1 Å². The van der Waals surface area contributed by atoms with E-state index in [0.717, 1.165) is 30.9 Å². The molecule has 3 aromatic heterocycles. The van der Waals surface area contributed by atoms with Gasteiger partial charge in [-0.3, -0.25) is 18.4 Å². The lowest BCUT2D eigenvalue weighted by Gasteiger charge is -2.30. The van der Waals surface area contributed by atoms with E-state index in [4.69, 9.17) is 4.42 Å². The van der Waals surface area contributed by atoms with Crippen molar-refractivity contribution < 1.29 is 13.4 Å². The third-order valence-electron chi connectivity index (χ3n) is 7.77. The molecule has 2 aromatic carbocycles. The summed E-state index contributed by atoms with van der Waals surface area (Å²) in [5, 5.41) is 7.36. The van der Waals surface area contributed by atoms with E-state index in [0.29, 0.717) is 22.6 Å². The summed E-state index contributed by atoms with van der Waals surface area (Å²) in [6.45, 7) is 5.65. The summed E-state index contributed by atoms with van der Waals surface area (Å²) in [5.41, 5.74) is 1.90. The van der Waals surface area contributed by atoms with Gasteiger partial charge in [-0.15, -0.1) is 0 Å². The first-order valence-electron chi connectivity index (χ1n) is 14.9. The van der Waals surface area contributed by atoms with Gasteiger partial charge in [0.2, 0.25) is 5.95 Å². The van der Waals surface area contributed by atoms with Gasteiger partial charge in [-0.1, -0.05) is 44.2 Å². The number of pyridine rings is 1. The second-order valence-electron chi connectivity index (χ2n) is 11.5. The Kier molecular flexibility index (Phi) is 8.85. The highest BCUT2D eigenvalue weighted by molar-refractivity contribution is 7.85. The number of ketones is 1. The lowest BCUT2D eigenvalue weighted by atomic mass is 10.0. The third-order valence-corrected chi connectivity index (χ3v) is 9.34. The van der Waals surface area contributed by atoms with Gasteiger partial charge in [-0.05, 0) is 56.8 Å². The van der Waals surface area contributed by atoms with Crippen molar-refractivity contribution in [1.29, 1.82) is 0 Å². The summed E-state index contributed by atoms with van der Waals surface area (Å²) in [5.74, 6) is 0.113. The van der Waals surface area contributed by atoms with E-state index in [1.165, 1.54) is 23.4 Å². The van der Waals surface area contributed by atoms with Crippen molar-refractivity contribution >= 4 is 44.9 Å². The number of hydrogen-bond donors (Lipinski definition) is 2. The van der Waals surface area contributed by atoms with Crippen LogP contribution in [0.1, 0.15) is 48.4 Å². The Morgan fingerprint density at radius 1 is 1.09 bits per heavy atom. The Morgan fingerprint density at radius 3 is 2.58 bits per heavy atom. The zero-order valence-electron chi connectivity index (χ0n) is 25.4. The van der Waals surface area contributed by atoms with Crippen LogP contribution in [0.2, 0.25) is 0 Å². The first-order valence-corrected chi connectivity index (χ1v) is 16.1. The van der Waals surface area contributed by atoms with Crippen LogP contribution >= 0.6 is 0 Å². The summed E-state index contributed by atoms with van der Waals surface area (Å²) in [6, 6.07) is 18.4. The van der Waals surface area contributed by atoms with E-state index in [1.54, 1.807) is 36.5 Å². The largest absolute Gasteiger partial charge is 0.445 e. The van der Waals surface area contributed by atoms with Crippen molar-refractivity contribution in [3.8, 4) is 0 Å². The number of oxazole rings is 1. The average molecular weight is 626 g/mol. The number of carbonyl (C=O) groups excluding carboxylic acids is 1. The van der Waals surface area contributed by atoms with Crippen LogP contribution < -0.4 is 16.2 Å². The summed E-state index contributed by atoms with van der Waals surface area (Å²) in [4.78, 5) is 43.1. The van der Waals surface area contributed by atoms with Crippen LogP contribution in [-0.4, -0.2) is 65.8 Å². The molecule has 45 heavy (non-hydrogen) atoms. The number of benzene rings is 2. The fraction of sp³-hybridized carbons (Fsp3) is 0.303. The Morgan fingerprint density at radius 2 is 1.84 bits per heavy atom. The second-order valence-corrected chi connectivity index (χ2v) is 13.4. The van der Waals surface area contributed by atoms with Gasteiger partial charge in [-0.2, -0.15) is 4.98 Å². The predicted molar refractivity (Wildman–Crippen MR) is 175 cm³/mol. The first kappa shape index (κ1) is 30.4. The van der Waals surface area contributed by atoms with Gasteiger partial charge < -0.3 is 20.0 Å². The molecule has 0 spiro atoms. The van der Waals surface area contributed by atoms with Crippen LogP contribution in [0.5, 0.6) is 0 Å². The standard InChI is InChI=1S/C33H35N7O4S/c1-21(2)45(43)31-28(44-20-35-31)19-40-30-23(16-27(32(40)42)29(41)22-8-5-4-6-9-22)17-34-33(38-30)37-25-13-11-24(12-14-25)36-26-10-7-15-39(3)18-26/h4-6,8-9,11-14,16-17,20-21,26,36H,7,10,15,18-19H2,1-3H3,(H,34,37,38). The minimum absolute atomic E-state index is 0.0312. The number of likely N-dealkylation sites (tertiary alicyclic amines) is 1. The summed E-state index contributed by atoms with van der Waals surface area (Å²) < 4.78 is 19.9. The fourth-order valence-corrected chi connectivity index (χ4v) is 6.40. The van der Waals surface area contributed by atoms with Gasteiger partial charge >= 0.3 is 0 Å². The molecule has 4 heterocycles. The molecule has 0 aliphatic carbocycles. The number of likely N-dealkylation sites (N-methyl/N-ethyl adjacent to an activating group) is 1. The van der Waals surface area contributed by atoms with Crippen molar-refractivity contribution in [3.63, 3.8) is 0 Å². The Labute approximate surface area is 263 Å². The lowest BCUT2D eigenvalue weighted by Crippen LogP contribution is -2.39. The van der Waals surface area contributed by atoms with Crippen LogP contribution in [0.4, 0.5) is 17.3 Å². The van der Waals surface area contributed by atoms with Crippen molar-refractivity contribution in [2.24, 2.45) is 0 Å². The normalized spacial score (nSPS) is 16.1. The second kappa shape index (κ2) is 13.1. The molecular weight excluding hydrogens is 590 g/mol. The summed E-state index contributed by atoms with van der Waals surface area (Å²) in [6.07, 6.45) is 5.10. The summed E-state index contributed by atoms with van der Waals surface area (Å²) in [7, 11) is 0.691. The maximum Gasteiger partial charge on any atom is 0.263 e. The number of carbonyl (C=O) groups is 1. The number of nitrogens with zero attached hydrogens (tertiary/aromatic N) is 5. The lowest BCUT2D eigenvalue weighted by molar-refractivity contribution is 0.103. The zero-order valence-corrected chi connectivity index (χ0v) is 26.2. The van der Waals surface area contributed by atoms with Crippen LogP contribution in [0.25, 0.3) is 11.0 Å². The number of fused-ring (bicyclic) bond motifs is 1. The Bertz CT molecular complexity index is 1900. The van der Waals surface area contributed by atoms with Crippen molar-refractivity contribution in [2.45, 2.75) is 49.6 Å². The summed E-state index contributed by atoms with van der Waals surface area (Å²) >= 11 is 0. The molecule has 1 saturated heterocycles. The SMILES string of the molecule is CC(C)S(=O)c1ncoc1Cn1c(=O)c(C(=O)c2ccccc2)cc2cnc(Nc3ccc(NC4CCCN(C)C4)cc3)nc21. The highest BCUT2D eigenvalue weighted by Gasteiger charge is 2.23. The molecule has 12 heteroatoms. The molecule has 2 N–H and O–H groups in total. The van der Waals surface area contributed by atoms with Crippen molar-refractivity contribution in [1.82, 2.24) is 24.4 Å². The molecule has 0 amide bonds. The average Bonchev–Trinajstić information content (AvgIpc) is 3.51. The van der Waals surface area contributed by atoms with Gasteiger partial charge in [0.05, 0.1) is 22.9 Å². The quantitative estimate of drug-likeness (QED) is 0.208. The predicted octanol–water partition coefficient (Wildman–Crippen LogP) is 4.82. The molecule has 6 rings (SSSR count). The Hall–Kier alpha value is -4.68. The Balaban J connectivity index is 1.34. The van der Waals surface area contributed by atoms with E-state index < -0.39 is 22.1 Å². The van der Waals surface area contributed by atoms with E-state index in [2.05, 4.69) is 37.5 Å². The molecule has 1 fully saturated rings. The highest BCUT2D eigenvalue weighted by Crippen LogP contribution is 2.23. The maximum absolute atomic E-state index is 13.9. The minimum Gasteiger partial charge on any atom is -0.445 e. The number of aromatic nitrogens is 4. The van der Waals surface area contributed by atoms with E-state index in [-0.39, 0.29) is 34.1 Å². The number of rotatable bonds is 10. The molecule has 2 atom stereocenters. The molecule has 2 unspecified atom stereocenters. The molecule has 0 saturated carbocycles. The van der Waals surface area contributed by atoms with E-state index in [9.17, 15) is 13.8 Å². The van der Waals surface area contributed by atoms with Crippen LogP contribution in [0.3, 0.4) is 0 Å². The molecule has 1 aliphatic rings. The monoisotopic (exact) mass is 625 g/mol. The number of piperidine rings is 1. The van der Waals surface area contributed by atoms with Crippen LogP contribution in [-0.2, 0) is 17.3 Å². The minimum atomic E-state index is -1.45. The maximum atomic E-state index is 13.9. The van der Waals surface area contributed by atoms with Crippen LogP contribution in [0, 0.1) is 0 Å². The third kappa shape index (κ3) is 6.71. The van der Waals surface area contributed by atoms with Gasteiger partial charge in [0.15, 0.2) is 23.0 Å². The number of nitrogens with one attached hydrogen (secondary N) is 2. The van der Waals surface area contributed by atoms with Crippen molar-refractivity contribution in [3.05, 3.63) is 100 Å². The topological polar surface area (TPSA) is 135 Å². The number of anilines is 3. The van der Waals surface area contributed by atoms with Gasteiger partial charge in [-0.25, -0.2) is 9.97 Å². The fourth-order valence-electron chi connectivity index (χ4n) is 5.47. The highest BCUT2D eigenvalue weighted by atomic mass is 32.2. The molecule has 232 valence electrons. The van der Waals surface area contributed by atoms with Crippen LogP contribution in [0.15, 0.2) is 87.5 Å². The van der Waals surface area contributed by atoms with E-state index >= 15 is 0 Å². The molecule has 0 bridgehead atoms. The zero-order chi connectivity index (χ0) is 31.5. The number of hydrogen-bond acceptors (Lipinski definition) is 10. The van der Waals surface area contributed by atoms with Gasteiger partial charge in [0.1, 0.15) is 5.65 Å². The van der Waals surface area contributed by atoms with Gasteiger partial charge in [0.25, 0.3) is 5.56 Å². The molecule has 5 aromatic rings. The molecule has 11 nitrogen and oxygen atoms in total. The smallest absolute Gasteiger partial charge is 0.263 e. The molecular formula is C33H35N7O4S. The van der Waals surface area contributed by atoms with Gasteiger partial charge in [0, 0.05) is 46.4 Å². The molecule has 1 aliphatic heterocycles. The first-order chi connectivity index (χ1) is 21.8. The molecule has 0 radical (unpaired) electrons. The van der Waals surface area contributed by atoms with Crippen molar-refractivity contribution in [2.75, 3.05) is 30.8 Å².